The lowest BCUT2D eigenvalue weighted by atomic mass is 10.3. The Morgan fingerprint density at radius 2 is 1.08 bits per heavy atom. The number of hydrogen-bond acceptors (Lipinski definition) is 6. The molecule has 8 nitrogen and oxygen atoms in total. The first-order valence-corrected chi connectivity index (χ1v) is 12.4. The van der Waals surface area contributed by atoms with Crippen LogP contribution in [0.1, 0.15) is 25.7 Å². The van der Waals surface area contributed by atoms with E-state index in [0.29, 0.717) is 46.1 Å². The summed E-state index contributed by atoms with van der Waals surface area (Å²) < 4.78 is 72.2. The lowest BCUT2D eigenvalue weighted by Crippen LogP contribution is -2.07. The molecule has 0 amide bonds. The highest BCUT2D eigenvalue weighted by Gasteiger charge is 2.10. The van der Waals surface area contributed by atoms with Gasteiger partial charge in [-0.15, -0.1) is 0 Å². The van der Waals surface area contributed by atoms with E-state index in [4.69, 9.17) is 18.6 Å². The molecule has 0 radical (unpaired) electrons. The van der Waals surface area contributed by atoms with Gasteiger partial charge in [0.15, 0.2) is 0 Å². The normalized spacial score (nSPS) is 12.2. The van der Waals surface area contributed by atoms with Crippen molar-refractivity contribution in [2.24, 2.45) is 0 Å². The van der Waals surface area contributed by atoms with Gasteiger partial charge in [0.05, 0.1) is 33.7 Å². The Balaban J connectivity index is 2.44. The van der Waals surface area contributed by atoms with Crippen molar-refractivity contribution in [3.05, 3.63) is 21.1 Å². The summed E-state index contributed by atoms with van der Waals surface area (Å²) in [6.45, 7) is 0.576. The smallest absolute Gasteiger partial charge is 0.264 e. The van der Waals surface area contributed by atoms with E-state index in [-0.39, 0.29) is 24.7 Å². The molecule has 0 aliphatic carbocycles. The SMILES string of the molecule is O=S(=O)(O)CCCCOc1cc(Br)c(OCCCCS(=O)(=O)O)cc1Br. The van der Waals surface area contributed by atoms with Crippen molar-refractivity contribution in [2.45, 2.75) is 25.7 Å². The van der Waals surface area contributed by atoms with Gasteiger partial charge in [0, 0.05) is 0 Å². The summed E-state index contributed by atoms with van der Waals surface area (Å²) in [6.07, 6.45) is 1.52. The molecule has 0 aliphatic heterocycles. The number of halogens is 2. The second-order valence-corrected chi connectivity index (χ2v) is 10.2. The maximum atomic E-state index is 10.6. The van der Waals surface area contributed by atoms with Crippen LogP contribution in [0.3, 0.4) is 0 Å². The second kappa shape index (κ2) is 10.8. The molecule has 1 aromatic carbocycles. The van der Waals surface area contributed by atoms with E-state index in [1.807, 2.05) is 0 Å². The van der Waals surface area contributed by atoms with Crippen LogP contribution in [-0.2, 0) is 20.2 Å². The fourth-order valence-electron chi connectivity index (χ4n) is 1.87. The van der Waals surface area contributed by atoms with E-state index < -0.39 is 20.2 Å². The van der Waals surface area contributed by atoms with Gasteiger partial charge in [0.1, 0.15) is 11.5 Å². The first-order chi connectivity index (χ1) is 12.0. The van der Waals surface area contributed by atoms with Crippen molar-refractivity contribution in [1.29, 1.82) is 0 Å². The molecule has 0 heterocycles. The van der Waals surface area contributed by atoms with Crippen molar-refractivity contribution in [2.75, 3.05) is 24.7 Å². The predicted molar refractivity (Wildman–Crippen MR) is 104 cm³/mol. The fraction of sp³-hybridized carbons (Fsp3) is 0.571. The third-order valence-electron chi connectivity index (χ3n) is 3.09. The van der Waals surface area contributed by atoms with Gasteiger partial charge < -0.3 is 9.47 Å². The first-order valence-electron chi connectivity index (χ1n) is 7.63. The van der Waals surface area contributed by atoms with Gasteiger partial charge >= 0.3 is 0 Å². The van der Waals surface area contributed by atoms with Crippen molar-refractivity contribution in [1.82, 2.24) is 0 Å². The van der Waals surface area contributed by atoms with Crippen LogP contribution in [0.5, 0.6) is 11.5 Å². The van der Waals surface area contributed by atoms with Gasteiger partial charge in [-0.25, -0.2) is 0 Å². The molecule has 150 valence electrons. The zero-order chi connectivity index (χ0) is 19.8. The molecule has 0 aromatic heterocycles. The standard InChI is InChI=1S/C14H20Br2O8S2/c15-11-10-14(24-6-2-4-8-26(20,21)22)12(16)9-13(11)23-5-1-3-7-25(17,18)19/h9-10H,1-8H2,(H,17,18,19)(H,20,21,22). The van der Waals surface area contributed by atoms with Crippen molar-refractivity contribution >= 4 is 52.1 Å². The lowest BCUT2D eigenvalue weighted by molar-refractivity contribution is 0.297. The molecule has 1 aromatic rings. The van der Waals surface area contributed by atoms with Gasteiger partial charge in [-0.1, -0.05) is 0 Å². The van der Waals surface area contributed by atoms with E-state index in [9.17, 15) is 16.8 Å². The molecule has 12 heteroatoms. The minimum Gasteiger partial charge on any atom is -0.492 e. The van der Waals surface area contributed by atoms with Gasteiger partial charge in [0.2, 0.25) is 0 Å². The molecule has 0 fully saturated rings. The van der Waals surface area contributed by atoms with E-state index in [1.54, 1.807) is 12.1 Å². The first kappa shape index (κ1) is 23.6. The monoisotopic (exact) mass is 538 g/mol. The molecule has 0 saturated heterocycles. The zero-order valence-corrected chi connectivity index (χ0v) is 18.5. The molecule has 0 bridgehead atoms. The molecular weight excluding hydrogens is 520 g/mol. The molecule has 0 spiro atoms. The van der Waals surface area contributed by atoms with Gasteiger partial charge in [0.25, 0.3) is 20.2 Å². The maximum absolute atomic E-state index is 10.6. The Hall–Kier alpha value is -0.400. The Kier molecular flexibility index (Phi) is 9.83. The molecule has 0 atom stereocenters. The molecule has 1 rings (SSSR count). The van der Waals surface area contributed by atoms with Crippen LogP contribution in [0.15, 0.2) is 21.1 Å². The summed E-state index contributed by atoms with van der Waals surface area (Å²) in [5.74, 6) is 0.488. The number of unbranched alkanes of at least 4 members (excludes halogenated alkanes) is 2. The Morgan fingerprint density at radius 3 is 1.38 bits per heavy atom. The summed E-state index contributed by atoms with van der Waals surface area (Å²) in [7, 11) is -7.89. The minimum atomic E-state index is -3.95. The fourth-order valence-corrected chi connectivity index (χ4v) is 3.88. The van der Waals surface area contributed by atoms with E-state index in [1.165, 1.54) is 0 Å². The molecule has 0 aliphatic rings. The molecule has 0 unspecified atom stereocenters. The van der Waals surface area contributed by atoms with Gasteiger partial charge in [-0.2, -0.15) is 16.8 Å². The summed E-state index contributed by atoms with van der Waals surface area (Å²) in [4.78, 5) is 0. The van der Waals surface area contributed by atoms with Crippen molar-refractivity contribution in [3.8, 4) is 11.5 Å². The predicted octanol–water partition coefficient (Wildman–Crippen LogP) is 3.31. The summed E-state index contributed by atoms with van der Waals surface area (Å²) in [5.41, 5.74) is 0. The van der Waals surface area contributed by atoms with E-state index in [2.05, 4.69) is 31.9 Å². The summed E-state index contributed by atoms with van der Waals surface area (Å²) in [5, 5.41) is 0. The average Bonchev–Trinajstić information content (AvgIpc) is 2.48. The average molecular weight is 540 g/mol. The minimum absolute atomic E-state index is 0.288. The van der Waals surface area contributed by atoms with Crippen LogP contribution in [0.4, 0.5) is 0 Å². The van der Waals surface area contributed by atoms with Crippen LogP contribution in [0, 0.1) is 0 Å². The van der Waals surface area contributed by atoms with Crippen molar-refractivity contribution in [3.63, 3.8) is 0 Å². The van der Waals surface area contributed by atoms with E-state index in [0.717, 1.165) is 0 Å². The number of rotatable bonds is 12. The third kappa shape index (κ3) is 10.7. The van der Waals surface area contributed by atoms with Crippen LogP contribution >= 0.6 is 31.9 Å². The Labute approximate surface area is 170 Å². The Morgan fingerprint density at radius 1 is 0.731 bits per heavy atom. The van der Waals surface area contributed by atoms with Crippen LogP contribution in [0.25, 0.3) is 0 Å². The van der Waals surface area contributed by atoms with E-state index >= 15 is 0 Å². The zero-order valence-electron chi connectivity index (χ0n) is 13.7. The molecule has 26 heavy (non-hydrogen) atoms. The number of benzene rings is 1. The number of ether oxygens (including phenoxy) is 2. The highest BCUT2D eigenvalue weighted by molar-refractivity contribution is 9.11. The number of hydrogen-bond donors (Lipinski definition) is 2. The molecule has 2 N–H and O–H groups in total. The highest BCUT2D eigenvalue weighted by Crippen LogP contribution is 2.36. The Bertz CT molecular complexity index is 726. The largest absolute Gasteiger partial charge is 0.492 e. The topological polar surface area (TPSA) is 127 Å². The maximum Gasteiger partial charge on any atom is 0.264 e. The quantitative estimate of drug-likeness (QED) is 0.306. The van der Waals surface area contributed by atoms with Crippen LogP contribution in [0.2, 0.25) is 0 Å². The van der Waals surface area contributed by atoms with Crippen molar-refractivity contribution < 1.29 is 35.4 Å². The molecular formula is C14H20Br2O8S2. The summed E-state index contributed by atoms with van der Waals surface area (Å²) >= 11 is 6.71. The highest BCUT2D eigenvalue weighted by atomic mass is 79.9. The summed E-state index contributed by atoms with van der Waals surface area (Å²) in [6, 6.07) is 3.39. The van der Waals surface area contributed by atoms with Crippen LogP contribution < -0.4 is 9.47 Å². The van der Waals surface area contributed by atoms with Gasteiger partial charge in [-0.05, 0) is 69.7 Å². The lowest BCUT2D eigenvalue weighted by Gasteiger charge is -2.13. The third-order valence-corrected chi connectivity index (χ3v) is 5.94. The molecule has 0 saturated carbocycles. The van der Waals surface area contributed by atoms with Crippen LogP contribution in [-0.4, -0.2) is 50.7 Å². The second-order valence-electron chi connectivity index (χ2n) is 5.40. The van der Waals surface area contributed by atoms with Gasteiger partial charge in [-0.3, -0.25) is 9.11 Å².